The zero-order valence-electron chi connectivity index (χ0n) is 13.1. The highest BCUT2D eigenvalue weighted by molar-refractivity contribution is 5.86. The molecular formula is C15H28N2O3. The van der Waals surface area contributed by atoms with E-state index in [2.05, 4.69) is 12.2 Å². The smallest absolute Gasteiger partial charge is 0.329 e. The standard InChI is InChI=1S/C15H28N2O3/c1-5-9-17(11(2)3)14(20)16-15(13(18)19)8-6-7-12(4)10-15/h11-12H,5-10H2,1-4H3,(H,16,20)(H,18,19). The van der Waals surface area contributed by atoms with Crippen LogP contribution in [-0.2, 0) is 4.79 Å². The number of carbonyl (C=O) groups excluding carboxylic acids is 1. The Morgan fingerprint density at radius 1 is 1.45 bits per heavy atom. The van der Waals surface area contributed by atoms with E-state index in [-0.39, 0.29) is 12.1 Å². The number of nitrogens with one attached hydrogen (secondary N) is 1. The second-order valence-electron chi connectivity index (χ2n) is 6.31. The molecular weight excluding hydrogens is 256 g/mol. The van der Waals surface area contributed by atoms with Crippen molar-refractivity contribution in [3.05, 3.63) is 0 Å². The van der Waals surface area contributed by atoms with Crippen LogP contribution in [0.4, 0.5) is 4.79 Å². The van der Waals surface area contributed by atoms with Gasteiger partial charge in [0.05, 0.1) is 0 Å². The first kappa shape index (κ1) is 16.8. The lowest BCUT2D eigenvalue weighted by Gasteiger charge is -2.39. The van der Waals surface area contributed by atoms with Crippen molar-refractivity contribution < 1.29 is 14.7 Å². The molecule has 1 fully saturated rings. The third-order valence-corrected chi connectivity index (χ3v) is 4.10. The van der Waals surface area contributed by atoms with E-state index in [0.717, 1.165) is 19.3 Å². The van der Waals surface area contributed by atoms with Gasteiger partial charge in [0.15, 0.2) is 0 Å². The molecule has 0 aromatic rings. The molecule has 1 rings (SSSR count). The van der Waals surface area contributed by atoms with Crippen LogP contribution in [0.5, 0.6) is 0 Å². The minimum absolute atomic E-state index is 0.0711. The molecule has 0 saturated heterocycles. The van der Waals surface area contributed by atoms with Gasteiger partial charge in [-0.2, -0.15) is 0 Å². The van der Waals surface area contributed by atoms with Crippen molar-refractivity contribution in [2.45, 2.75) is 71.4 Å². The Hall–Kier alpha value is -1.26. The van der Waals surface area contributed by atoms with E-state index in [9.17, 15) is 14.7 Å². The van der Waals surface area contributed by atoms with Gasteiger partial charge in [-0.15, -0.1) is 0 Å². The van der Waals surface area contributed by atoms with Gasteiger partial charge in [0, 0.05) is 12.6 Å². The van der Waals surface area contributed by atoms with E-state index in [4.69, 9.17) is 0 Å². The van der Waals surface area contributed by atoms with E-state index in [1.807, 2.05) is 20.8 Å². The number of amides is 2. The third kappa shape index (κ3) is 3.87. The fourth-order valence-electron chi connectivity index (χ4n) is 3.02. The number of rotatable bonds is 5. The summed E-state index contributed by atoms with van der Waals surface area (Å²) in [6, 6.07) is -0.180. The summed E-state index contributed by atoms with van der Waals surface area (Å²) in [4.78, 5) is 25.8. The molecule has 2 atom stereocenters. The Kier molecular flexibility index (Phi) is 5.84. The molecule has 2 unspecified atom stereocenters. The fraction of sp³-hybridized carbons (Fsp3) is 0.867. The van der Waals surface area contributed by atoms with E-state index in [0.29, 0.717) is 25.3 Å². The number of nitrogens with zero attached hydrogens (tertiary/aromatic N) is 1. The molecule has 0 heterocycles. The molecule has 1 aliphatic rings. The normalized spacial score (nSPS) is 26.4. The highest BCUT2D eigenvalue weighted by Gasteiger charge is 2.44. The molecule has 0 bridgehead atoms. The van der Waals surface area contributed by atoms with Crippen LogP contribution in [-0.4, -0.2) is 40.1 Å². The molecule has 0 radical (unpaired) electrons. The molecule has 5 nitrogen and oxygen atoms in total. The molecule has 116 valence electrons. The molecule has 2 N–H and O–H groups in total. The summed E-state index contributed by atoms with van der Waals surface area (Å²) in [7, 11) is 0. The zero-order chi connectivity index (χ0) is 15.3. The predicted octanol–water partition coefficient (Wildman–Crippen LogP) is 2.85. The Morgan fingerprint density at radius 2 is 2.10 bits per heavy atom. The van der Waals surface area contributed by atoms with E-state index >= 15 is 0 Å². The maximum absolute atomic E-state index is 12.4. The zero-order valence-corrected chi connectivity index (χ0v) is 13.1. The maximum Gasteiger partial charge on any atom is 0.329 e. The lowest BCUT2D eigenvalue weighted by atomic mass is 9.76. The quantitative estimate of drug-likeness (QED) is 0.815. The molecule has 0 aliphatic heterocycles. The predicted molar refractivity (Wildman–Crippen MR) is 78.7 cm³/mol. The number of hydrogen-bond donors (Lipinski definition) is 2. The SMILES string of the molecule is CCCN(C(=O)NC1(C(=O)O)CCCC(C)C1)C(C)C. The molecule has 1 saturated carbocycles. The van der Waals surface area contributed by atoms with Gasteiger partial charge in [0.1, 0.15) is 5.54 Å². The number of carboxylic acid groups (broad SMARTS) is 1. The van der Waals surface area contributed by atoms with Crippen LogP contribution in [0, 0.1) is 5.92 Å². The lowest BCUT2D eigenvalue weighted by molar-refractivity contribution is -0.146. The van der Waals surface area contributed by atoms with Crippen LogP contribution < -0.4 is 5.32 Å². The van der Waals surface area contributed by atoms with Gasteiger partial charge in [0.25, 0.3) is 0 Å². The average Bonchev–Trinajstić information content (AvgIpc) is 2.35. The first-order valence-electron chi connectivity index (χ1n) is 7.64. The van der Waals surface area contributed by atoms with Crippen molar-refractivity contribution in [3.8, 4) is 0 Å². The van der Waals surface area contributed by atoms with Crippen molar-refractivity contribution >= 4 is 12.0 Å². The minimum atomic E-state index is -1.09. The van der Waals surface area contributed by atoms with Crippen LogP contribution in [0.1, 0.15) is 59.8 Å². The molecule has 0 aromatic carbocycles. The van der Waals surface area contributed by atoms with Gasteiger partial charge in [0.2, 0.25) is 0 Å². The minimum Gasteiger partial charge on any atom is -0.480 e. The van der Waals surface area contributed by atoms with Gasteiger partial charge in [-0.05, 0) is 39.0 Å². The van der Waals surface area contributed by atoms with Crippen molar-refractivity contribution in [1.29, 1.82) is 0 Å². The largest absolute Gasteiger partial charge is 0.480 e. The Balaban J connectivity index is 2.84. The topological polar surface area (TPSA) is 69.6 Å². The van der Waals surface area contributed by atoms with Crippen LogP contribution in [0.2, 0.25) is 0 Å². The molecule has 0 aromatic heterocycles. The molecule has 2 amide bonds. The van der Waals surface area contributed by atoms with Gasteiger partial charge in [-0.25, -0.2) is 9.59 Å². The Labute approximate surface area is 121 Å². The third-order valence-electron chi connectivity index (χ3n) is 4.10. The summed E-state index contributed by atoms with van der Waals surface area (Å²) in [5, 5.41) is 12.4. The van der Waals surface area contributed by atoms with Crippen molar-refractivity contribution in [3.63, 3.8) is 0 Å². The van der Waals surface area contributed by atoms with E-state index < -0.39 is 11.5 Å². The monoisotopic (exact) mass is 284 g/mol. The summed E-state index contributed by atoms with van der Waals surface area (Å²) in [5.41, 5.74) is -1.09. The Morgan fingerprint density at radius 3 is 2.55 bits per heavy atom. The number of urea groups is 1. The molecule has 5 heteroatoms. The maximum atomic E-state index is 12.4. The van der Waals surface area contributed by atoms with Crippen molar-refractivity contribution in [2.24, 2.45) is 5.92 Å². The van der Waals surface area contributed by atoms with Crippen molar-refractivity contribution in [2.75, 3.05) is 6.54 Å². The number of carbonyl (C=O) groups is 2. The van der Waals surface area contributed by atoms with Crippen molar-refractivity contribution in [1.82, 2.24) is 10.2 Å². The second kappa shape index (κ2) is 6.95. The van der Waals surface area contributed by atoms with Gasteiger partial charge >= 0.3 is 12.0 Å². The van der Waals surface area contributed by atoms with Gasteiger partial charge in [-0.1, -0.05) is 26.7 Å². The molecule has 0 spiro atoms. The summed E-state index contributed by atoms with van der Waals surface area (Å²) < 4.78 is 0. The van der Waals surface area contributed by atoms with E-state index in [1.165, 1.54) is 0 Å². The first-order valence-corrected chi connectivity index (χ1v) is 7.64. The van der Waals surface area contributed by atoms with E-state index in [1.54, 1.807) is 4.90 Å². The molecule has 1 aliphatic carbocycles. The highest BCUT2D eigenvalue weighted by atomic mass is 16.4. The van der Waals surface area contributed by atoms with Crippen LogP contribution >= 0.6 is 0 Å². The van der Waals surface area contributed by atoms with Gasteiger partial charge < -0.3 is 15.3 Å². The number of aliphatic carboxylic acids is 1. The average molecular weight is 284 g/mol. The summed E-state index contributed by atoms with van der Waals surface area (Å²) in [6.45, 7) is 8.61. The number of carboxylic acids is 1. The second-order valence-corrected chi connectivity index (χ2v) is 6.31. The van der Waals surface area contributed by atoms with Crippen LogP contribution in [0.15, 0.2) is 0 Å². The summed E-state index contributed by atoms with van der Waals surface area (Å²) in [6.07, 6.45) is 3.79. The highest BCUT2D eigenvalue weighted by Crippen LogP contribution is 2.32. The fourth-order valence-corrected chi connectivity index (χ4v) is 3.02. The van der Waals surface area contributed by atoms with Crippen LogP contribution in [0.3, 0.4) is 0 Å². The lowest BCUT2D eigenvalue weighted by Crippen LogP contribution is -2.60. The summed E-state index contributed by atoms with van der Waals surface area (Å²) >= 11 is 0. The number of hydrogen-bond acceptors (Lipinski definition) is 2. The van der Waals surface area contributed by atoms with Gasteiger partial charge in [-0.3, -0.25) is 0 Å². The first-order chi connectivity index (χ1) is 9.32. The van der Waals surface area contributed by atoms with Crippen LogP contribution in [0.25, 0.3) is 0 Å². The summed E-state index contributed by atoms with van der Waals surface area (Å²) in [5.74, 6) is -0.573. The molecule has 20 heavy (non-hydrogen) atoms. The Bertz CT molecular complexity index is 357.